The number of carbonyl (C=O) groups is 1. The third kappa shape index (κ3) is 2.29. The third-order valence-corrected chi connectivity index (χ3v) is 2.35. The van der Waals surface area contributed by atoms with E-state index >= 15 is 0 Å². The quantitative estimate of drug-likeness (QED) is 0.742. The van der Waals surface area contributed by atoms with Gasteiger partial charge in [-0.2, -0.15) is 0 Å². The Kier molecular flexibility index (Phi) is 3.19. The van der Waals surface area contributed by atoms with Crippen molar-refractivity contribution < 1.29 is 9.90 Å². The van der Waals surface area contributed by atoms with E-state index < -0.39 is 11.4 Å². The summed E-state index contributed by atoms with van der Waals surface area (Å²) in [5, 5.41) is 8.77. The Morgan fingerprint density at radius 2 is 2.43 bits per heavy atom. The number of rotatable bonds is 4. The zero-order chi connectivity index (χ0) is 10.6. The van der Waals surface area contributed by atoms with Crippen LogP contribution in [0.25, 0.3) is 0 Å². The second kappa shape index (κ2) is 4.19. The topological polar surface area (TPSA) is 76.2 Å². The molecule has 0 fully saturated rings. The number of hydrogen-bond acceptors (Lipinski definition) is 3. The van der Waals surface area contributed by atoms with Gasteiger partial charge in [-0.15, -0.1) is 0 Å². The van der Waals surface area contributed by atoms with Crippen molar-refractivity contribution in [2.24, 2.45) is 5.73 Å². The van der Waals surface area contributed by atoms with Gasteiger partial charge in [0.15, 0.2) is 0 Å². The Labute approximate surface area is 82.8 Å². The van der Waals surface area contributed by atoms with E-state index in [1.165, 1.54) is 0 Å². The van der Waals surface area contributed by atoms with Gasteiger partial charge in [-0.25, -0.2) is 0 Å². The van der Waals surface area contributed by atoms with Gasteiger partial charge in [0.2, 0.25) is 0 Å². The summed E-state index contributed by atoms with van der Waals surface area (Å²) in [6, 6.07) is 3.63. The van der Waals surface area contributed by atoms with Crippen LogP contribution in [0.5, 0.6) is 0 Å². The fourth-order valence-electron chi connectivity index (χ4n) is 1.35. The van der Waals surface area contributed by atoms with Crippen LogP contribution in [-0.4, -0.2) is 22.6 Å². The molecule has 0 aliphatic carbocycles. The number of carboxylic acid groups (broad SMARTS) is 1. The normalized spacial score (nSPS) is 14.7. The molecule has 0 amide bonds. The molecule has 3 N–H and O–H groups in total. The van der Waals surface area contributed by atoms with E-state index in [9.17, 15) is 4.79 Å². The largest absolute Gasteiger partial charge is 0.481 e. The van der Waals surface area contributed by atoms with E-state index in [2.05, 4.69) is 4.98 Å². The zero-order valence-electron chi connectivity index (χ0n) is 8.10. The molecule has 1 atom stereocenters. The van der Waals surface area contributed by atoms with E-state index in [4.69, 9.17) is 10.8 Å². The number of nitrogens with zero attached hydrogens (tertiary/aromatic N) is 1. The minimum absolute atomic E-state index is 0.0230. The molecule has 0 aromatic carbocycles. The van der Waals surface area contributed by atoms with Crippen molar-refractivity contribution in [2.75, 3.05) is 6.54 Å². The van der Waals surface area contributed by atoms with Gasteiger partial charge in [-0.3, -0.25) is 9.78 Å². The van der Waals surface area contributed by atoms with Gasteiger partial charge in [0.25, 0.3) is 0 Å². The summed E-state index contributed by atoms with van der Waals surface area (Å²) in [7, 11) is 0. The smallest absolute Gasteiger partial charge is 0.304 e. The zero-order valence-corrected chi connectivity index (χ0v) is 8.10. The van der Waals surface area contributed by atoms with Gasteiger partial charge in [0, 0.05) is 24.4 Å². The average Bonchev–Trinajstić information content (AvgIpc) is 2.18. The van der Waals surface area contributed by atoms with Crippen LogP contribution in [-0.2, 0) is 10.2 Å². The lowest BCUT2D eigenvalue weighted by Gasteiger charge is -2.25. The predicted molar refractivity (Wildman–Crippen MR) is 52.9 cm³/mol. The number of pyridine rings is 1. The summed E-state index contributed by atoms with van der Waals surface area (Å²) in [4.78, 5) is 14.6. The minimum atomic E-state index is -0.846. The number of nitrogens with two attached hydrogens (primary N) is 1. The van der Waals surface area contributed by atoms with E-state index in [-0.39, 0.29) is 6.42 Å². The molecule has 1 heterocycles. The Bertz CT molecular complexity index is 313. The molecule has 1 rings (SSSR count). The minimum Gasteiger partial charge on any atom is -0.481 e. The maximum Gasteiger partial charge on any atom is 0.304 e. The molecule has 14 heavy (non-hydrogen) atoms. The summed E-state index contributed by atoms with van der Waals surface area (Å²) in [6.07, 6.45) is 3.34. The molecule has 1 aromatic rings. The molecule has 0 saturated heterocycles. The monoisotopic (exact) mass is 194 g/mol. The van der Waals surface area contributed by atoms with Crippen LogP contribution >= 0.6 is 0 Å². The summed E-state index contributed by atoms with van der Waals surface area (Å²) in [5.74, 6) is -0.846. The molecule has 0 aliphatic heterocycles. The first-order valence-corrected chi connectivity index (χ1v) is 4.41. The molecule has 0 saturated carbocycles. The third-order valence-electron chi connectivity index (χ3n) is 2.35. The lowest BCUT2D eigenvalue weighted by Crippen LogP contribution is -2.34. The Morgan fingerprint density at radius 1 is 1.71 bits per heavy atom. The van der Waals surface area contributed by atoms with Crippen LogP contribution in [0.1, 0.15) is 18.9 Å². The van der Waals surface area contributed by atoms with Crippen molar-refractivity contribution >= 4 is 5.97 Å². The van der Waals surface area contributed by atoms with Crippen molar-refractivity contribution in [1.82, 2.24) is 4.98 Å². The average molecular weight is 194 g/mol. The molecule has 4 heteroatoms. The Balaban J connectivity index is 2.95. The first kappa shape index (κ1) is 10.7. The van der Waals surface area contributed by atoms with Gasteiger partial charge >= 0.3 is 5.97 Å². The van der Waals surface area contributed by atoms with Gasteiger partial charge in [0.1, 0.15) is 0 Å². The Hall–Kier alpha value is -1.42. The first-order valence-electron chi connectivity index (χ1n) is 4.41. The molecule has 0 spiro atoms. The van der Waals surface area contributed by atoms with Crippen LogP contribution in [0.3, 0.4) is 0 Å². The predicted octanol–water partition coefficient (Wildman–Crippen LogP) is 0.773. The standard InChI is InChI=1S/C10H14N2O2/c1-10(7-11,5-9(13)14)8-3-2-4-12-6-8/h2-4,6H,5,7,11H2,1H3,(H,13,14). The van der Waals surface area contributed by atoms with E-state index in [0.717, 1.165) is 5.56 Å². The summed E-state index contributed by atoms with van der Waals surface area (Å²) in [5.41, 5.74) is 5.93. The molecule has 1 unspecified atom stereocenters. The van der Waals surface area contributed by atoms with Crippen LogP contribution < -0.4 is 5.73 Å². The van der Waals surface area contributed by atoms with Crippen molar-refractivity contribution in [3.8, 4) is 0 Å². The van der Waals surface area contributed by atoms with Crippen molar-refractivity contribution in [3.05, 3.63) is 30.1 Å². The number of aliphatic carboxylic acids is 1. The lowest BCUT2D eigenvalue weighted by molar-refractivity contribution is -0.138. The van der Waals surface area contributed by atoms with Crippen molar-refractivity contribution in [3.63, 3.8) is 0 Å². The van der Waals surface area contributed by atoms with Crippen LogP contribution in [0.4, 0.5) is 0 Å². The molecule has 1 aromatic heterocycles. The highest BCUT2D eigenvalue weighted by Crippen LogP contribution is 2.25. The van der Waals surface area contributed by atoms with Gasteiger partial charge in [-0.05, 0) is 11.6 Å². The second-order valence-corrected chi connectivity index (χ2v) is 3.58. The van der Waals surface area contributed by atoms with Crippen LogP contribution in [0, 0.1) is 0 Å². The van der Waals surface area contributed by atoms with Crippen molar-refractivity contribution in [1.29, 1.82) is 0 Å². The lowest BCUT2D eigenvalue weighted by atomic mass is 9.80. The highest BCUT2D eigenvalue weighted by molar-refractivity contribution is 5.69. The summed E-state index contributed by atoms with van der Waals surface area (Å²) >= 11 is 0. The van der Waals surface area contributed by atoms with Gasteiger partial charge in [-0.1, -0.05) is 13.0 Å². The molecule has 4 nitrogen and oxygen atoms in total. The fraction of sp³-hybridized carbons (Fsp3) is 0.400. The maximum absolute atomic E-state index is 10.7. The van der Waals surface area contributed by atoms with E-state index in [1.54, 1.807) is 18.5 Å². The second-order valence-electron chi connectivity index (χ2n) is 3.58. The van der Waals surface area contributed by atoms with Crippen molar-refractivity contribution in [2.45, 2.75) is 18.8 Å². The molecule has 0 bridgehead atoms. The summed E-state index contributed by atoms with van der Waals surface area (Å²) in [6.45, 7) is 2.13. The van der Waals surface area contributed by atoms with Gasteiger partial charge in [0.05, 0.1) is 6.42 Å². The fourth-order valence-corrected chi connectivity index (χ4v) is 1.35. The maximum atomic E-state index is 10.7. The molecule has 0 aliphatic rings. The van der Waals surface area contributed by atoms with E-state index in [0.29, 0.717) is 6.54 Å². The first-order chi connectivity index (χ1) is 6.58. The number of aromatic nitrogens is 1. The van der Waals surface area contributed by atoms with Crippen LogP contribution in [0.2, 0.25) is 0 Å². The van der Waals surface area contributed by atoms with E-state index in [1.807, 2.05) is 13.0 Å². The van der Waals surface area contributed by atoms with Crippen LogP contribution in [0.15, 0.2) is 24.5 Å². The molecule has 0 radical (unpaired) electrons. The summed E-state index contributed by atoms with van der Waals surface area (Å²) < 4.78 is 0. The van der Waals surface area contributed by atoms with Gasteiger partial charge < -0.3 is 10.8 Å². The SMILES string of the molecule is CC(CN)(CC(=O)O)c1cccnc1. The molecular weight excluding hydrogens is 180 g/mol. The number of carboxylic acids is 1. The number of hydrogen-bond donors (Lipinski definition) is 2. The Morgan fingerprint density at radius 3 is 2.86 bits per heavy atom. The highest BCUT2D eigenvalue weighted by Gasteiger charge is 2.28. The highest BCUT2D eigenvalue weighted by atomic mass is 16.4. The molecule has 76 valence electrons. The molecular formula is C10H14N2O2.